The zero-order chi connectivity index (χ0) is 17.4. The Hall–Kier alpha value is -2.40. The lowest BCUT2D eigenvalue weighted by Gasteiger charge is -2.16. The van der Waals surface area contributed by atoms with Gasteiger partial charge in [0.15, 0.2) is 6.10 Å². The molecule has 2 rings (SSSR count). The lowest BCUT2D eigenvalue weighted by Crippen LogP contribution is -2.30. The summed E-state index contributed by atoms with van der Waals surface area (Å²) in [5.41, 5.74) is 0.777. The molecule has 0 saturated carbocycles. The van der Waals surface area contributed by atoms with Crippen molar-refractivity contribution in [1.82, 2.24) is 0 Å². The van der Waals surface area contributed by atoms with E-state index in [1.54, 1.807) is 50.1 Å². The average molecular weight is 343 g/mol. The van der Waals surface area contributed by atoms with Gasteiger partial charge in [0.05, 0.1) is 12.8 Å². The van der Waals surface area contributed by atoms with Crippen LogP contribution in [-0.2, 0) is 4.79 Å². The number of ether oxygens (including phenoxy) is 2. The number of hydrogen-bond donors (Lipinski definition) is 1. The van der Waals surface area contributed by atoms with Crippen molar-refractivity contribution in [2.24, 2.45) is 0 Å². The van der Waals surface area contributed by atoms with Crippen LogP contribution in [-0.4, -0.2) is 24.9 Å². The maximum Gasteiger partial charge on any atom is 0.265 e. The van der Waals surface area contributed by atoms with Crippen molar-refractivity contribution in [3.8, 4) is 11.5 Å². The molecule has 0 aliphatic carbocycles. The highest BCUT2D eigenvalue weighted by Gasteiger charge is 2.16. The second-order valence-electron chi connectivity index (χ2n) is 5.02. The lowest BCUT2D eigenvalue weighted by atomic mass is 10.3. The van der Waals surface area contributed by atoms with Gasteiger partial charge in [0.25, 0.3) is 5.91 Å². The summed E-state index contributed by atoms with van der Waals surface area (Å²) >= 11 is 1.62. The molecule has 0 saturated heterocycles. The minimum absolute atomic E-state index is 0.197. The number of carbonyl (C=O) groups excluding carboxylic acids is 1. The van der Waals surface area contributed by atoms with Crippen LogP contribution >= 0.6 is 11.8 Å². The van der Waals surface area contributed by atoms with Crippen molar-refractivity contribution >= 4 is 23.4 Å². The summed E-state index contributed by atoms with van der Waals surface area (Å²) in [5.74, 6) is 1.95. The maximum atomic E-state index is 12.4. The maximum absolute atomic E-state index is 12.4. The summed E-state index contributed by atoms with van der Waals surface area (Å²) < 4.78 is 10.8. The molecule has 24 heavy (non-hydrogen) atoms. The van der Waals surface area contributed by atoms with E-state index in [2.05, 4.69) is 11.9 Å². The number of rotatable bonds is 8. The van der Waals surface area contributed by atoms with Gasteiger partial charge in [-0.05, 0) is 43.3 Å². The van der Waals surface area contributed by atoms with Gasteiger partial charge in [0, 0.05) is 10.6 Å². The van der Waals surface area contributed by atoms with Gasteiger partial charge in [-0.2, -0.15) is 0 Å². The fourth-order valence-corrected chi connectivity index (χ4v) is 2.74. The molecule has 0 aliphatic rings. The second-order valence-corrected chi connectivity index (χ2v) is 6.08. The molecule has 0 radical (unpaired) electrons. The smallest absolute Gasteiger partial charge is 0.265 e. The first kappa shape index (κ1) is 17.9. The minimum Gasteiger partial charge on any atom is -0.497 e. The van der Waals surface area contributed by atoms with Gasteiger partial charge in [-0.15, -0.1) is 18.3 Å². The first-order valence-electron chi connectivity index (χ1n) is 7.58. The Morgan fingerprint density at radius 1 is 1.21 bits per heavy atom. The number of benzene rings is 2. The number of amides is 1. The molecule has 0 aromatic heterocycles. The van der Waals surface area contributed by atoms with Crippen molar-refractivity contribution in [3.63, 3.8) is 0 Å². The third kappa shape index (κ3) is 5.06. The molecule has 2 aromatic rings. The Balaban J connectivity index is 1.99. The third-order valence-corrected chi connectivity index (χ3v) is 4.31. The highest BCUT2D eigenvalue weighted by atomic mass is 32.2. The third-order valence-electron chi connectivity index (χ3n) is 3.24. The van der Waals surface area contributed by atoms with Gasteiger partial charge in [-0.1, -0.05) is 18.2 Å². The molecule has 0 aliphatic heterocycles. The van der Waals surface area contributed by atoms with Gasteiger partial charge in [0.2, 0.25) is 0 Å². The number of carbonyl (C=O) groups is 1. The van der Waals surface area contributed by atoms with Crippen LogP contribution in [0, 0.1) is 0 Å². The summed E-state index contributed by atoms with van der Waals surface area (Å²) in [7, 11) is 1.60. The van der Waals surface area contributed by atoms with Crippen LogP contribution in [0.2, 0.25) is 0 Å². The van der Waals surface area contributed by atoms with Crippen molar-refractivity contribution in [3.05, 3.63) is 61.2 Å². The van der Waals surface area contributed by atoms with E-state index in [4.69, 9.17) is 9.47 Å². The molecule has 1 N–H and O–H groups in total. The first-order chi connectivity index (χ1) is 11.6. The molecular formula is C19H21NO3S. The van der Waals surface area contributed by atoms with Gasteiger partial charge in [-0.3, -0.25) is 4.79 Å². The summed E-state index contributed by atoms with van der Waals surface area (Å²) in [6.45, 7) is 5.44. The SMILES string of the molecule is C=CCSc1ccccc1NC(=O)C(C)Oc1ccc(OC)cc1. The summed E-state index contributed by atoms with van der Waals surface area (Å²) in [5, 5.41) is 2.92. The van der Waals surface area contributed by atoms with Crippen LogP contribution < -0.4 is 14.8 Å². The van der Waals surface area contributed by atoms with Gasteiger partial charge in [0.1, 0.15) is 11.5 Å². The van der Waals surface area contributed by atoms with Crippen LogP contribution in [0.4, 0.5) is 5.69 Å². The molecule has 1 atom stereocenters. The number of nitrogens with one attached hydrogen (secondary N) is 1. The normalized spacial score (nSPS) is 11.4. The van der Waals surface area contributed by atoms with Crippen LogP contribution in [0.3, 0.4) is 0 Å². The van der Waals surface area contributed by atoms with E-state index in [0.29, 0.717) is 5.75 Å². The number of anilines is 1. The Labute approximate surface area is 146 Å². The summed E-state index contributed by atoms with van der Waals surface area (Å²) in [4.78, 5) is 13.4. The van der Waals surface area contributed by atoms with Crippen LogP contribution in [0.5, 0.6) is 11.5 Å². The van der Waals surface area contributed by atoms with Crippen LogP contribution in [0.15, 0.2) is 66.1 Å². The predicted octanol–water partition coefficient (Wildman–Crippen LogP) is 4.38. The molecule has 4 nitrogen and oxygen atoms in total. The van der Waals surface area contributed by atoms with Crippen molar-refractivity contribution in [1.29, 1.82) is 0 Å². The van der Waals surface area contributed by atoms with E-state index in [9.17, 15) is 4.79 Å². The molecule has 126 valence electrons. The molecule has 0 heterocycles. The molecule has 1 amide bonds. The average Bonchev–Trinajstić information content (AvgIpc) is 2.61. The zero-order valence-electron chi connectivity index (χ0n) is 13.8. The van der Waals surface area contributed by atoms with Crippen molar-refractivity contribution in [2.75, 3.05) is 18.2 Å². The Morgan fingerprint density at radius 3 is 2.54 bits per heavy atom. The second kappa shape index (κ2) is 9.03. The van der Waals surface area contributed by atoms with Crippen LogP contribution in [0.25, 0.3) is 0 Å². The fourth-order valence-electron chi connectivity index (χ4n) is 1.99. The topological polar surface area (TPSA) is 47.6 Å². The molecule has 0 bridgehead atoms. The van der Waals surface area contributed by atoms with E-state index in [0.717, 1.165) is 22.1 Å². The molecular weight excluding hydrogens is 322 g/mol. The number of hydrogen-bond acceptors (Lipinski definition) is 4. The number of para-hydroxylation sites is 1. The quantitative estimate of drug-likeness (QED) is 0.571. The van der Waals surface area contributed by atoms with E-state index in [-0.39, 0.29) is 5.91 Å². The molecule has 1 unspecified atom stereocenters. The van der Waals surface area contributed by atoms with Crippen molar-refractivity contribution in [2.45, 2.75) is 17.9 Å². The highest BCUT2D eigenvalue weighted by Crippen LogP contribution is 2.27. The molecule has 0 spiro atoms. The molecule has 5 heteroatoms. The lowest BCUT2D eigenvalue weighted by molar-refractivity contribution is -0.122. The highest BCUT2D eigenvalue weighted by molar-refractivity contribution is 7.99. The predicted molar refractivity (Wildman–Crippen MR) is 99.1 cm³/mol. The first-order valence-corrected chi connectivity index (χ1v) is 8.57. The summed E-state index contributed by atoms with van der Waals surface area (Å²) in [6, 6.07) is 14.8. The zero-order valence-corrected chi connectivity index (χ0v) is 14.6. The minimum atomic E-state index is -0.615. The van der Waals surface area contributed by atoms with Crippen molar-refractivity contribution < 1.29 is 14.3 Å². The van der Waals surface area contributed by atoms with Crippen LogP contribution in [0.1, 0.15) is 6.92 Å². The van der Waals surface area contributed by atoms with E-state index >= 15 is 0 Å². The monoisotopic (exact) mass is 343 g/mol. The summed E-state index contributed by atoms with van der Waals surface area (Å²) in [6.07, 6.45) is 1.22. The standard InChI is InChI=1S/C19H21NO3S/c1-4-13-24-18-8-6-5-7-17(18)20-19(21)14(2)23-16-11-9-15(22-3)10-12-16/h4-12,14H,1,13H2,2-3H3,(H,20,21). The van der Waals surface area contributed by atoms with E-state index in [1.807, 2.05) is 30.3 Å². The largest absolute Gasteiger partial charge is 0.497 e. The Kier molecular flexibility index (Phi) is 6.75. The van der Waals surface area contributed by atoms with Gasteiger partial charge < -0.3 is 14.8 Å². The van der Waals surface area contributed by atoms with E-state index in [1.165, 1.54) is 0 Å². The van der Waals surface area contributed by atoms with Gasteiger partial charge >= 0.3 is 0 Å². The number of methoxy groups -OCH3 is 1. The fraction of sp³-hybridized carbons (Fsp3) is 0.211. The Bertz CT molecular complexity index is 685. The Morgan fingerprint density at radius 2 is 1.88 bits per heavy atom. The van der Waals surface area contributed by atoms with Gasteiger partial charge in [-0.25, -0.2) is 0 Å². The molecule has 2 aromatic carbocycles. The molecule has 0 fully saturated rings. The number of thioether (sulfide) groups is 1. The van der Waals surface area contributed by atoms with E-state index < -0.39 is 6.10 Å².